The van der Waals surface area contributed by atoms with Gasteiger partial charge in [-0.15, -0.1) is 0 Å². The lowest BCUT2D eigenvalue weighted by Crippen LogP contribution is -2.32. The van der Waals surface area contributed by atoms with E-state index in [-0.39, 0.29) is 23.2 Å². The van der Waals surface area contributed by atoms with E-state index in [4.69, 9.17) is 0 Å². The normalized spacial score (nSPS) is 21.8. The zero-order valence-electron chi connectivity index (χ0n) is 19.4. The number of aromatic amines is 1. The summed E-state index contributed by atoms with van der Waals surface area (Å²) in [5, 5.41) is 10.6. The number of carbonyl (C=O) groups is 1. The summed E-state index contributed by atoms with van der Waals surface area (Å²) in [7, 11) is 3.61. The Hall–Kier alpha value is -2.88. The highest BCUT2D eigenvalue weighted by Gasteiger charge is 2.29. The molecular weight excluding hydrogens is 405 g/mol. The molecule has 2 heterocycles. The summed E-state index contributed by atoms with van der Waals surface area (Å²) in [5.41, 5.74) is 4.09. The smallest absolute Gasteiger partial charge is 0.225 e. The summed E-state index contributed by atoms with van der Waals surface area (Å²) in [5.74, 6) is 3.60. The van der Waals surface area contributed by atoms with Gasteiger partial charge >= 0.3 is 0 Å². The van der Waals surface area contributed by atoms with E-state index in [0.29, 0.717) is 11.4 Å². The van der Waals surface area contributed by atoms with Gasteiger partial charge in [-0.25, -0.2) is 4.98 Å². The molecule has 32 heavy (non-hydrogen) atoms. The van der Waals surface area contributed by atoms with Gasteiger partial charge in [0, 0.05) is 54.9 Å². The van der Waals surface area contributed by atoms with Gasteiger partial charge in [0.2, 0.25) is 11.9 Å². The largest absolute Gasteiger partial charge is 0.349 e. The second kappa shape index (κ2) is 8.93. The van der Waals surface area contributed by atoms with Crippen LogP contribution in [0.1, 0.15) is 57.2 Å². The highest BCUT2D eigenvalue weighted by molar-refractivity contribution is 5.78. The van der Waals surface area contributed by atoms with Gasteiger partial charge in [0.15, 0.2) is 0 Å². The second-order valence-corrected chi connectivity index (χ2v) is 10.1. The molecule has 0 radical (unpaired) electrons. The first-order chi connectivity index (χ1) is 15.2. The lowest BCUT2D eigenvalue weighted by Gasteiger charge is -2.29. The SMILES string of the molecule is CN(C)C(=O)C1CCC(C#CNc2cc(-c3n[nH]c4c3CCC(C)(C)C4)cc(F)n2)CC1. The van der Waals surface area contributed by atoms with Gasteiger partial charge in [-0.1, -0.05) is 19.8 Å². The Kier molecular flexibility index (Phi) is 6.23. The van der Waals surface area contributed by atoms with E-state index >= 15 is 0 Å². The molecule has 2 aliphatic rings. The van der Waals surface area contributed by atoms with Crippen LogP contribution in [0.4, 0.5) is 10.2 Å². The van der Waals surface area contributed by atoms with Crippen molar-refractivity contribution in [3.8, 4) is 23.2 Å². The van der Waals surface area contributed by atoms with E-state index in [1.165, 1.54) is 11.6 Å². The topological polar surface area (TPSA) is 73.9 Å². The monoisotopic (exact) mass is 437 g/mol. The van der Waals surface area contributed by atoms with Crippen LogP contribution in [-0.4, -0.2) is 40.1 Å². The molecule has 170 valence electrons. The lowest BCUT2D eigenvalue weighted by atomic mass is 9.76. The molecule has 2 aromatic heterocycles. The molecule has 0 aromatic carbocycles. The van der Waals surface area contributed by atoms with Crippen molar-refractivity contribution in [1.29, 1.82) is 0 Å². The number of pyridine rings is 1. The van der Waals surface area contributed by atoms with Gasteiger partial charge in [0.1, 0.15) is 5.82 Å². The number of anilines is 1. The van der Waals surface area contributed by atoms with Gasteiger partial charge in [0.05, 0.1) is 5.69 Å². The number of nitrogens with one attached hydrogen (secondary N) is 2. The molecule has 2 aromatic rings. The van der Waals surface area contributed by atoms with Crippen LogP contribution in [0.3, 0.4) is 0 Å². The number of nitrogens with zero attached hydrogens (tertiary/aromatic N) is 3. The Bertz CT molecular complexity index is 1050. The number of carbonyl (C=O) groups excluding carboxylic acids is 1. The van der Waals surface area contributed by atoms with E-state index in [2.05, 4.69) is 46.3 Å². The van der Waals surface area contributed by atoms with E-state index in [1.807, 2.05) is 0 Å². The van der Waals surface area contributed by atoms with Gasteiger partial charge in [-0.05, 0) is 56.4 Å². The number of rotatable bonds is 3. The summed E-state index contributed by atoms with van der Waals surface area (Å²) in [6.45, 7) is 4.52. The van der Waals surface area contributed by atoms with Crippen molar-refractivity contribution in [2.75, 3.05) is 19.4 Å². The molecule has 0 saturated heterocycles. The maximum absolute atomic E-state index is 14.3. The Balaban J connectivity index is 1.42. The fourth-order valence-electron chi connectivity index (χ4n) is 4.84. The van der Waals surface area contributed by atoms with E-state index in [0.717, 1.165) is 56.3 Å². The lowest BCUT2D eigenvalue weighted by molar-refractivity contribution is -0.134. The van der Waals surface area contributed by atoms with Crippen molar-refractivity contribution in [2.45, 2.75) is 58.8 Å². The highest BCUT2D eigenvalue weighted by atomic mass is 19.1. The molecule has 7 heteroatoms. The number of amides is 1. The molecule has 0 bridgehead atoms. The Morgan fingerprint density at radius 3 is 2.72 bits per heavy atom. The Morgan fingerprint density at radius 2 is 2.00 bits per heavy atom. The summed E-state index contributed by atoms with van der Waals surface area (Å²) >= 11 is 0. The van der Waals surface area contributed by atoms with Crippen molar-refractivity contribution in [3.63, 3.8) is 0 Å². The number of hydrogen-bond donors (Lipinski definition) is 2. The van der Waals surface area contributed by atoms with Crippen LogP contribution in [0, 0.1) is 35.2 Å². The summed E-state index contributed by atoms with van der Waals surface area (Å²) < 4.78 is 14.3. The summed E-state index contributed by atoms with van der Waals surface area (Å²) in [6.07, 6.45) is 6.48. The predicted octanol–water partition coefficient (Wildman–Crippen LogP) is 4.39. The average Bonchev–Trinajstić information content (AvgIpc) is 3.15. The first kappa shape index (κ1) is 22.3. The van der Waals surface area contributed by atoms with Crippen LogP contribution in [-0.2, 0) is 17.6 Å². The number of aromatic nitrogens is 3. The van der Waals surface area contributed by atoms with Crippen LogP contribution >= 0.6 is 0 Å². The third-order valence-electron chi connectivity index (χ3n) is 6.71. The maximum Gasteiger partial charge on any atom is 0.225 e. The molecule has 2 N–H and O–H groups in total. The number of hydrogen-bond acceptors (Lipinski definition) is 4. The molecule has 0 aliphatic heterocycles. The van der Waals surface area contributed by atoms with Gasteiger partial charge in [-0.2, -0.15) is 9.49 Å². The summed E-state index contributed by atoms with van der Waals surface area (Å²) in [4.78, 5) is 17.7. The molecule has 1 saturated carbocycles. The maximum atomic E-state index is 14.3. The first-order valence-electron chi connectivity index (χ1n) is 11.4. The highest BCUT2D eigenvalue weighted by Crippen LogP contribution is 2.38. The molecule has 4 rings (SSSR count). The minimum atomic E-state index is -0.553. The summed E-state index contributed by atoms with van der Waals surface area (Å²) in [6, 6.07) is 6.19. The second-order valence-electron chi connectivity index (χ2n) is 10.1. The zero-order chi connectivity index (χ0) is 22.9. The van der Waals surface area contributed by atoms with Crippen LogP contribution in [0.15, 0.2) is 12.1 Å². The molecule has 1 amide bonds. The van der Waals surface area contributed by atoms with Crippen molar-refractivity contribution in [1.82, 2.24) is 20.1 Å². The van der Waals surface area contributed by atoms with E-state index in [9.17, 15) is 9.18 Å². The van der Waals surface area contributed by atoms with Crippen molar-refractivity contribution < 1.29 is 9.18 Å². The molecule has 1 fully saturated rings. The minimum absolute atomic E-state index is 0.105. The predicted molar refractivity (Wildman–Crippen MR) is 123 cm³/mol. The number of fused-ring (bicyclic) bond motifs is 1. The van der Waals surface area contributed by atoms with Crippen LogP contribution in [0.2, 0.25) is 0 Å². The van der Waals surface area contributed by atoms with Crippen LogP contribution in [0.5, 0.6) is 0 Å². The van der Waals surface area contributed by atoms with Crippen molar-refractivity contribution in [3.05, 3.63) is 29.3 Å². The molecule has 0 spiro atoms. The standard InChI is InChI=1S/C25H32FN5O/c1-25(2)11-9-19-20(15-25)29-30-23(19)18-13-21(26)28-22(14-18)27-12-10-16-5-7-17(8-6-16)24(32)31(3)4/h13-14,16-17H,5-9,11,15H2,1-4H3,(H,27,28)(H,29,30). The fraction of sp³-hybridized carbons (Fsp3) is 0.560. The van der Waals surface area contributed by atoms with Crippen molar-refractivity contribution >= 4 is 11.7 Å². The van der Waals surface area contributed by atoms with E-state index < -0.39 is 5.95 Å². The molecular formula is C25H32FN5O. The third kappa shape index (κ3) is 4.95. The first-order valence-corrected chi connectivity index (χ1v) is 11.4. The number of halogens is 1. The minimum Gasteiger partial charge on any atom is -0.349 e. The molecule has 0 unspecified atom stereocenters. The quantitative estimate of drug-likeness (QED) is 0.424. The Labute approximate surface area is 189 Å². The average molecular weight is 438 g/mol. The Morgan fingerprint density at radius 1 is 1.25 bits per heavy atom. The fourth-order valence-corrected chi connectivity index (χ4v) is 4.84. The molecule has 0 atom stereocenters. The van der Waals surface area contributed by atoms with Crippen LogP contribution in [0.25, 0.3) is 11.3 Å². The van der Waals surface area contributed by atoms with Gasteiger partial charge in [-0.3, -0.25) is 15.2 Å². The third-order valence-corrected chi connectivity index (χ3v) is 6.71. The zero-order valence-corrected chi connectivity index (χ0v) is 19.4. The van der Waals surface area contributed by atoms with Gasteiger partial charge < -0.3 is 4.90 Å². The van der Waals surface area contributed by atoms with Gasteiger partial charge in [0.25, 0.3) is 0 Å². The van der Waals surface area contributed by atoms with Crippen molar-refractivity contribution in [2.24, 2.45) is 17.3 Å². The van der Waals surface area contributed by atoms with Crippen LogP contribution < -0.4 is 5.32 Å². The van der Waals surface area contributed by atoms with E-state index in [1.54, 1.807) is 25.1 Å². The number of H-pyrrole nitrogens is 1. The molecule has 6 nitrogen and oxygen atoms in total. The molecule has 2 aliphatic carbocycles.